The Bertz CT molecular complexity index is 1560. The molecule has 5 rings (SSSR count). The van der Waals surface area contributed by atoms with Crippen LogP contribution < -0.4 is 10.9 Å². The minimum Gasteiger partial charge on any atom is -0.475 e. The van der Waals surface area contributed by atoms with E-state index in [1.807, 2.05) is 48.7 Å². The van der Waals surface area contributed by atoms with Gasteiger partial charge in [-0.15, -0.1) is 0 Å². The number of halogens is 3. The van der Waals surface area contributed by atoms with Gasteiger partial charge in [0.25, 0.3) is 5.56 Å². The van der Waals surface area contributed by atoms with E-state index < -0.39 is 12.1 Å². The van der Waals surface area contributed by atoms with Crippen LogP contribution in [0.4, 0.5) is 13.2 Å². The Labute approximate surface area is 221 Å². The number of carbonyl (C=O) groups is 1. The average Bonchev–Trinajstić information content (AvgIpc) is 3.45. The molecule has 0 spiro atoms. The first-order chi connectivity index (χ1) is 18.7. The van der Waals surface area contributed by atoms with Crippen LogP contribution in [0, 0.1) is 0 Å². The van der Waals surface area contributed by atoms with Crippen molar-refractivity contribution in [1.82, 2.24) is 15.3 Å². The quantitative estimate of drug-likeness (QED) is 0.292. The molecule has 11 heteroatoms. The Morgan fingerprint density at radius 2 is 1.74 bits per heavy atom. The van der Waals surface area contributed by atoms with Crippen molar-refractivity contribution >= 4 is 28.8 Å². The third kappa shape index (κ3) is 7.23. The molecule has 0 amide bonds. The minimum atomic E-state index is -5.08. The highest BCUT2D eigenvalue weighted by molar-refractivity contribution is 6.31. The molecule has 200 valence electrons. The molecular weight excluding hydrogens is 511 g/mol. The Morgan fingerprint density at radius 1 is 1.03 bits per heavy atom. The largest absolute Gasteiger partial charge is 0.490 e. The molecule has 0 saturated carbocycles. The molecule has 3 heterocycles. The molecule has 2 aromatic carbocycles. The monoisotopic (exact) mass is 535 g/mol. The molecule has 0 aliphatic carbocycles. The van der Waals surface area contributed by atoms with Crippen molar-refractivity contribution in [3.05, 3.63) is 88.8 Å². The van der Waals surface area contributed by atoms with Crippen LogP contribution in [0.3, 0.4) is 0 Å². The number of H-pyrrole nitrogens is 1. The zero-order valence-corrected chi connectivity index (χ0v) is 20.6. The van der Waals surface area contributed by atoms with Crippen molar-refractivity contribution in [2.24, 2.45) is 9.98 Å². The van der Waals surface area contributed by atoms with Crippen molar-refractivity contribution in [3.63, 3.8) is 0 Å². The van der Waals surface area contributed by atoms with E-state index in [0.29, 0.717) is 17.6 Å². The maximum absolute atomic E-state index is 12.3. The fourth-order valence-corrected chi connectivity index (χ4v) is 3.86. The van der Waals surface area contributed by atoms with E-state index in [9.17, 15) is 18.0 Å². The van der Waals surface area contributed by atoms with Crippen molar-refractivity contribution in [2.75, 3.05) is 13.2 Å². The highest BCUT2D eigenvalue weighted by atomic mass is 19.4. The van der Waals surface area contributed by atoms with E-state index in [-0.39, 0.29) is 5.56 Å². The second kappa shape index (κ2) is 12.3. The first-order valence-electron chi connectivity index (χ1n) is 11.9. The average molecular weight is 536 g/mol. The highest BCUT2D eigenvalue weighted by Crippen LogP contribution is 2.32. The molecule has 2 aromatic heterocycles. The number of nitrogens with one attached hydrogen (secondary N) is 2. The van der Waals surface area contributed by atoms with Gasteiger partial charge in [0, 0.05) is 43.0 Å². The Balaban J connectivity index is 0.000000448. The van der Waals surface area contributed by atoms with Gasteiger partial charge in [-0.05, 0) is 23.3 Å². The first-order valence-corrected chi connectivity index (χ1v) is 11.9. The number of pyridine rings is 2. The molecule has 1 aliphatic heterocycles. The molecule has 0 bridgehead atoms. The summed E-state index contributed by atoms with van der Waals surface area (Å²) < 4.78 is 31.7. The number of carboxylic acids is 1. The molecule has 1 aliphatic rings. The van der Waals surface area contributed by atoms with E-state index >= 15 is 0 Å². The summed E-state index contributed by atoms with van der Waals surface area (Å²) in [4.78, 5) is 37.3. The molecule has 0 atom stereocenters. The van der Waals surface area contributed by atoms with Crippen LogP contribution in [0.1, 0.15) is 12.0 Å². The molecule has 0 fully saturated rings. The Hall–Kier alpha value is -4.64. The summed E-state index contributed by atoms with van der Waals surface area (Å²) in [5.74, 6) is -2.76. The molecule has 39 heavy (non-hydrogen) atoms. The summed E-state index contributed by atoms with van der Waals surface area (Å²) in [6.45, 7) is 2.22. The number of rotatable bonds is 7. The summed E-state index contributed by atoms with van der Waals surface area (Å²) in [7, 11) is 0. The molecule has 4 aromatic rings. The van der Waals surface area contributed by atoms with Gasteiger partial charge in [0.15, 0.2) is 0 Å². The number of aliphatic imine (C=N–C) groups is 2. The molecule has 8 nitrogen and oxygen atoms in total. The lowest BCUT2D eigenvalue weighted by Gasteiger charge is -2.12. The molecule has 0 unspecified atom stereocenters. The van der Waals surface area contributed by atoms with Gasteiger partial charge in [-0.25, -0.2) is 9.78 Å². The van der Waals surface area contributed by atoms with E-state index in [2.05, 4.69) is 44.6 Å². The van der Waals surface area contributed by atoms with Crippen LogP contribution in [0.5, 0.6) is 0 Å². The van der Waals surface area contributed by atoms with Crippen LogP contribution >= 0.6 is 0 Å². The lowest BCUT2D eigenvalue weighted by Crippen LogP contribution is -2.21. The van der Waals surface area contributed by atoms with Gasteiger partial charge >= 0.3 is 12.1 Å². The number of nitrogens with zero attached hydrogens (tertiary/aromatic N) is 3. The number of benzene rings is 2. The number of aromatic nitrogens is 2. The summed E-state index contributed by atoms with van der Waals surface area (Å²) in [6, 6.07) is 22.3. The standard InChI is InChI=1S/C26H23N5O.C2HF3O2/c32-26-23-14-22(19-4-2-1-3-5-19)25(31-24(23)11-13-29-26)20-8-6-18(7-9-20)15-27-12-10-21-16-28-17-30-21;3-2(4,5)1(6)7/h1-9,11,13-14,16,27H,10,12,15,17H2,(H,29,32);(H,6,7). The van der Waals surface area contributed by atoms with Gasteiger partial charge in [0.1, 0.15) is 6.67 Å². The third-order valence-corrected chi connectivity index (χ3v) is 5.79. The van der Waals surface area contributed by atoms with Gasteiger partial charge in [-0.2, -0.15) is 13.2 Å². The van der Waals surface area contributed by atoms with E-state index in [1.165, 1.54) is 5.56 Å². The second-order valence-electron chi connectivity index (χ2n) is 8.52. The number of fused-ring (bicyclic) bond motifs is 1. The van der Waals surface area contributed by atoms with Crippen molar-refractivity contribution < 1.29 is 23.1 Å². The lowest BCUT2D eigenvalue weighted by atomic mass is 9.97. The Morgan fingerprint density at radius 3 is 2.38 bits per heavy atom. The van der Waals surface area contributed by atoms with E-state index in [0.717, 1.165) is 47.6 Å². The maximum atomic E-state index is 12.3. The summed E-state index contributed by atoms with van der Waals surface area (Å²) >= 11 is 0. The number of aromatic amines is 1. The second-order valence-corrected chi connectivity index (χ2v) is 8.52. The number of aliphatic carboxylic acids is 1. The van der Waals surface area contributed by atoms with Gasteiger partial charge in [0.2, 0.25) is 0 Å². The predicted octanol–water partition coefficient (Wildman–Crippen LogP) is 4.85. The number of hydrogen-bond donors (Lipinski definition) is 3. The van der Waals surface area contributed by atoms with Crippen LogP contribution in [-0.4, -0.2) is 52.4 Å². The van der Waals surface area contributed by atoms with Gasteiger partial charge in [-0.3, -0.25) is 14.8 Å². The highest BCUT2D eigenvalue weighted by Gasteiger charge is 2.38. The predicted molar refractivity (Wildman–Crippen MR) is 144 cm³/mol. The fourth-order valence-electron chi connectivity index (χ4n) is 3.86. The van der Waals surface area contributed by atoms with E-state index in [1.54, 1.807) is 6.20 Å². The van der Waals surface area contributed by atoms with Crippen molar-refractivity contribution in [1.29, 1.82) is 0 Å². The van der Waals surface area contributed by atoms with Gasteiger partial charge < -0.3 is 15.4 Å². The molecular formula is C28H24F3N5O3. The number of alkyl halides is 3. The van der Waals surface area contributed by atoms with Gasteiger partial charge in [-0.1, -0.05) is 54.6 Å². The minimum absolute atomic E-state index is 0.130. The fraction of sp³-hybridized carbons (Fsp3) is 0.179. The molecule has 0 radical (unpaired) electrons. The lowest BCUT2D eigenvalue weighted by molar-refractivity contribution is -0.192. The first kappa shape index (κ1) is 27.4. The zero-order valence-electron chi connectivity index (χ0n) is 20.6. The van der Waals surface area contributed by atoms with Crippen LogP contribution in [0.25, 0.3) is 33.3 Å². The Kier molecular flexibility index (Phi) is 8.62. The van der Waals surface area contributed by atoms with Crippen LogP contribution in [-0.2, 0) is 11.3 Å². The topological polar surface area (TPSA) is 120 Å². The van der Waals surface area contributed by atoms with Crippen LogP contribution in [0.2, 0.25) is 0 Å². The summed E-state index contributed by atoms with van der Waals surface area (Å²) in [5, 5.41) is 11.2. The number of carboxylic acid groups (broad SMARTS) is 1. The smallest absolute Gasteiger partial charge is 0.475 e. The maximum Gasteiger partial charge on any atom is 0.490 e. The SMILES string of the molecule is O=C(O)C(F)(F)F.O=c1[nH]ccc2nc(-c3ccc(CNCCC4=NCN=C4)cc3)c(-c3ccccc3)cc12. The zero-order chi connectivity index (χ0) is 27.8. The summed E-state index contributed by atoms with van der Waals surface area (Å²) in [5.41, 5.74) is 6.68. The molecule has 3 N–H and O–H groups in total. The van der Waals surface area contributed by atoms with Crippen LogP contribution in [0.15, 0.2) is 87.7 Å². The van der Waals surface area contributed by atoms with Crippen molar-refractivity contribution in [3.8, 4) is 22.4 Å². The van der Waals surface area contributed by atoms with Crippen molar-refractivity contribution in [2.45, 2.75) is 19.1 Å². The third-order valence-electron chi connectivity index (χ3n) is 5.79. The van der Waals surface area contributed by atoms with Gasteiger partial charge in [0.05, 0.1) is 22.3 Å². The molecule has 0 saturated heterocycles. The number of hydrogen-bond acceptors (Lipinski definition) is 6. The summed E-state index contributed by atoms with van der Waals surface area (Å²) in [6.07, 6.45) is -0.700. The normalized spacial score (nSPS) is 12.6. The van der Waals surface area contributed by atoms with E-state index in [4.69, 9.17) is 14.9 Å².